The van der Waals surface area contributed by atoms with E-state index in [1.807, 2.05) is 0 Å². The first kappa shape index (κ1) is 16.0. The summed E-state index contributed by atoms with van der Waals surface area (Å²) in [7, 11) is 0. The van der Waals surface area contributed by atoms with Gasteiger partial charge in [-0.15, -0.1) is 0 Å². The van der Waals surface area contributed by atoms with Crippen molar-refractivity contribution in [3.05, 3.63) is 0 Å². The van der Waals surface area contributed by atoms with Crippen LogP contribution in [0.15, 0.2) is 0 Å². The minimum absolute atomic E-state index is 0.0851. The summed E-state index contributed by atoms with van der Waals surface area (Å²) in [4.78, 5) is 14.7. The molecule has 0 amide bonds. The van der Waals surface area contributed by atoms with E-state index in [-0.39, 0.29) is 17.6 Å². The van der Waals surface area contributed by atoms with Gasteiger partial charge in [-0.3, -0.25) is 9.69 Å². The molecule has 0 bridgehead atoms. The molecule has 3 heteroatoms. The van der Waals surface area contributed by atoms with Gasteiger partial charge in [0.2, 0.25) is 0 Å². The average molecular weight is 281 g/mol. The number of ketones is 1. The highest BCUT2D eigenvalue weighted by molar-refractivity contribution is 5.81. The van der Waals surface area contributed by atoms with Gasteiger partial charge in [-0.05, 0) is 39.5 Å². The highest BCUT2D eigenvalue weighted by Gasteiger charge is 2.35. The largest absolute Gasteiger partial charge is 0.370 e. The van der Waals surface area contributed by atoms with Gasteiger partial charge in [0.15, 0.2) is 0 Å². The van der Waals surface area contributed by atoms with Crippen LogP contribution >= 0.6 is 0 Å². The van der Waals surface area contributed by atoms with Crippen LogP contribution < -0.4 is 0 Å². The van der Waals surface area contributed by atoms with E-state index in [2.05, 4.69) is 32.6 Å². The molecule has 3 atom stereocenters. The van der Waals surface area contributed by atoms with Crippen LogP contribution in [0.4, 0.5) is 0 Å². The lowest BCUT2D eigenvalue weighted by Crippen LogP contribution is -2.53. The Morgan fingerprint density at radius 3 is 2.80 bits per heavy atom. The minimum Gasteiger partial charge on any atom is -0.370 e. The summed E-state index contributed by atoms with van der Waals surface area (Å²) in [5.41, 5.74) is -0.0851. The van der Waals surface area contributed by atoms with E-state index >= 15 is 0 Å². The summed E-state index contributed by atoms with van der Waals surface area (Å²) in [6.45, 7) is 11.5. The fraction of sp³-hybridized carbons (Fsp3) is 0.941. The topological polar surface area (TPSA) is 29.5 Å². The molecule has 1 saturated carbocycles. The maximum Gasteiger partial charge on any atom is 0.137 e. The van der Waals surface area contributed by atoms with Crippen LogP contribution in [-0.2, 0) is 9.53 Å². The Morgan fingerprint density at radius 1 is 1.40 bits per heavy atom. The zero-order valence-corrected chi connectivity index (χ0v) is 13.7. The molecule has 1 saturated heterocycles. The van der Waals surface area contributed by atoms with Crippen LogP contribution in [0.1, 0.15) is 59.8 Å². The van der Waals surface area contributed by atoms with Crippen molar-refractivity contribution in [2.45, 2.75) is 71.5 Å². The van der Waals surface area contributed by atoms with Crippen molar-refractivity contribution < 1.29 is 9.53 Å². The first-order valence-electron chi connectivity index (χ1n) is 8.32. The highest BCUT2D eigenvalue weighted by atomic mass is 16.5. The Labute approximate surface area is 124 Å². The number of nitrogens with zero attached hydrogens (tertiary/aromatic N) is 1. The fourth-order valence-corrected chi connectivity index (χ4v) is 4.09. The van der Waals surface area contributed by atoms with Gasteiger partial charge in [-0.2, -0.15) is 0 Å². The molecule has 0 aromatic heterocycles. The van der Waals surface area contributed by atoms with E-state index in [1.165, 1.54) is 12.8 Å². The summed E-state index contributed by atoms with van der Waals surface area (Å²) in [6, 6.07) is 0. The third-order valence-electron chi connectivity index (χ3n) is 4.69. The molecule has 0 N–H and O–H groups in total. The molecule has 20 heavy (non-hydrogen) atoms. The Hall–Kier alpha value is -0.410. The molecule has 2 aliphatic rings. The van der Waals surface area contributed by atoms with Crippen LogP contribution in [0.25, 0.3) is 0 Å². The Kier molecular flexibility index (Phi) is 5.25. The summed E-state index contributed by atoms with van der Waals surface area (Å²) < 4.78 is 5.95. The summed E-state index contributed by atoms with van der Waals surface area (Å²) in [5, 5.41) is 0. The summed E-state index contributed by atoms with van der Waals surface area (Å²) in [6.07, 6.45) is 5.83. The highest BCUT2D eigenvalue weighted by Crippen LogP contribution is 2.31. The molecular formula is C17H31NO2. The van der Waals surface area contributed by atoms with E-state index < -0.39 is 0 Å². The predicted octanol–water partition coefficient (Wildman–Crippen LogP) is 3.27. The number of Topliss-reactive ketones (excluding diaryl/α,β-unsaturated/α-hetero) is 1. The zero-order valence-electron chi connectivity index (χ0n) is 13.7. The molecule has 0 aromatic rings. The lowest BCUT2D eigenvalue weighted by atomic mass is 9.78. The Morgan fingerprint density at radius 2 is 2.15 bits per heavy atom. The van der Waals surface area contributed by atoms with Crippen molar-refractivity contribution in [2.24, 2.45) is 11.8 Å². The van der Waals surface area contributed by atoms with Gasteiger partial charge in [0.1, 0.15) is 5.78 Å². The Bertz CT molecular complexity index is 340. The van der Waals surface area contributed by atoms with Gasteiger partial charge in [-0.1, -0.05) is 19.8 Å². The van der Waals surface area contributed by atoms with Crippen molar-refractivity contribution in [3.8, 4) is 0 Å². The first-order valence-corrected chi connectivity index (χ1v) is 8.32. The van der Waals surface area contributed by atoms with Crippen LogP contribution in [0.3, 0.4) is 0 Å². The first-order chi connectivity index (χ1) is 9.39. The van der Waals surface area contributed by atoms with E-state index in [1.54, 1.807) is 0 Å². The minimum atomic E-state index is -0.0851. The predicted molar refractivity (Wildman–Crippen MR) is 81.8 cm³/mol. The Balaban J connectivity index is 1.92. The zero-order chi connectivity index (χ0) is 14.8. The number of hydrogen-bond acceptors (Lipinski definition) is 3. The molecule has 3 nitrogen and oxygen atoms in total. The third kappa shape index (κ3) is 4.29. The van der Waals surface area contributed by atoms with Gasteiger partial charge in [0.25, 0.3) is 0 Å². The van der Waals surface area contributed by atoms with E-state index in [4.69, 9.17) is 4.74 Å². The number of ether oxygens (including phenoxy) is 1. The maximum atomic E-state index is 12.2. The van der Waals surface area contributed by atoms with Crippen LogP contribution in [0.5, 0.6) is 0 Å². The summed E-state index contributed by atoms with van der Waals surface area (Å²) in [5.74, 6) is 1.53. The van der Waals surface area contributed by atoms with E-state index in [0.717, 1.165) is 44.8 Å². The lowest BCUT2D eigenvalue weighted by molar-refractivity contribution is -0.139. The second-order valence-electron chi connectivity index (χ2n) is 7.47. The molecule has 2 fully saturated rings. The monoisotopic (exact) mass is 281 g/mol. The van der Waals surface area contributed by atoms with Gasteiger partial charge >= 0.3 is 0 Å². The fourth-order valence-electron chi connectivity index (χ4n) is 4.09. The molecular weight excluding hydrogens is 250 g/mol. The quantitative estimate of drug-likeness (QED) is 0.792. The summed E-state index contributed by atoms with van der Waals surface area (Å²) >= 11 is 0. The molecule has 0 radical (unpaired) electrons. The van der Waals surface area contributed by atoms with E-state index in [0.29, 0.717) is 5.78 Å². The standard InChI is InChI=1S/C17H31NO2/c1-5-6-14-7-8-16(19)15(9-14)11-18-10-13(2)20-17(3,4)12-18/h13-15H,5-12H2,1-4H3. The molecule has 1 aliphatic heterocycles. The van der Waals surface area contributed by atoms with Crippen LogP contribution in [0, 0.1) is 11.8 Å². The van der Waals surface area contributed by atoms with Gasteiger partial charge in [0.05, 0.1) is 11.7 Å². The molecule has 116 valence electrons. The maximum absolute atomic E-state index is 12.2. The molecule has 3 unspecified atom stereocenters. The molecule has 0 spiro atoms. The number of carbonyl (C=O) groups excluding carboxylic acids is 1. The van der Waals surface area contributed by atoms with Crippen molar-refractivity contribution in [2.75, 3.05) is 19.6 Å². The number of carbonyl (C=O) groups is 1. The van der Waals surface area contributed by atoms with Crippen molar-refractivity contribution >= 4 is 5.78 Å². The second kappa shape index (κ2) is 6.57. The van der Waals surface area contributed by atoms with E-state index in [9.17, 15) is 4.79 Å². The SMILES string of the molecule is CCCC1CCC(=O)C(CN2CC(C)OC(C)(C)C2)C1. The molecule has 1 aliphatic carbocycles. The normalized spacial score (nSPS) is 35.2. The van der Waals surface area contributed by atoms with Crippen molar-refractivity contribution in [1.29, 1.82) is 0 Å². The number of rotatable bonds is 4. The van der Waals surface area contributed by atoms with Crippen molar-refractivity contribution in [1.82, 2.24) is 4.90 Å². The molecule has 1 heterocycles. The third-order valence-corrected chi connectivity index (χ3v) is 4.69. The van der Waals surface area contributed by atoms with Crippen molar-refractivity contribution in [3.63, 3.8) is 0 Å². The average Bonchev–Trinajstić information content (AvgIpc) is 2.31. The van der Waals surface area contributed by atoms with Crippen LogP contribution in [-0.4, -0.2) is 42.0 Å². The smallest absolute Gasteiger partial charge is 0.137 e. The molecule has 0 aromatic carbocycles. The lowest BCUT2D eigenvalue weighted by Gasteiger charge is -2.43. The van der Waals surface area contributed by atoms with Gasteiger partial charge in [-0.25, -0.2) is 0 Å². The second-order valence-corrected chi connectivity index (χ2v) is 7.47. The number of hydrogen-bond donors (Lipinski definition) is 0. The van der Waals surface area contributed by atoms with Gasteiger partial charge in [0, 0.05) is 32.0 Å². The molecule has 2 rings (SSSR count). The van der Waals surface area contributed by atoms with Crippen LogP contribution in [0.2, 0.25) is 0 Å². The number of morpholine rings is 1. The van der Waals surface area contributed by atoms with Gasteiger partial charge < -0.3 is 4.74 Å².